The molecule has 0 atom stereocenters. The Morgan fingerprint density at radius 2 is 1.03 bits per heavy atom. The van der Waals surface area contributed by atoms with Gasteiger partial charge in [-0.15, -0.1) is 0 Å². The second-order valence-electron chi connectivity index (χ2n) is 5.99. The van der Waals surface area contributed by atoms with Crippen molar-refractivity contribution < 1.29 is 26.1 Å². The summed E-state index contributed by atoms with van der Waals surface area (Å²) in [4.78, 5) is 9.69. The van der Waals surface area contributed by atoms with Crippen LogP contribution in [0.4, 0.5) is 21.5 Å². The first-order valence-electron chi connectivity index (χ1n) is 8.23. The van der Waals surface area contributed by atoms with Gasteiger partial charge in [-0.3, -0.25) is 19.6 Å². The lowest BCUT2D eigenvalue weighted by molar-refractivity contribution is -0.384. The Bertz CT molecular complexity index is 1280. The zero-order valence-electron chi connectivity index (χ0n) is 15.0. The van der Waals surface area contributed by atoms with Crippen LogP contribution in [0, 0.1) is 15.9 Å². The molecule has 0 aliphatic rings. The summed E-state index contributed by atoms with van der Waals surface area (Å²) in [5, 5.41) is 10.7. The van der Waals surface area contributed by atoms with Crippen molar-refractivity contribution in [3.8, 4) is 0 Å². The van der Waals surface area contributed by atoms with E-state index < -0.39 is 30.8 Å². The highest BCUT2D eigenvalue weighted by Gasteiger charge is 2.18. The van der Waals surface area contributed by atoms with Crippen LogP contribution in [-0.4, -0.2) is 21.8 Å². The van der Waals surface area contributed by atoms with Crippen molar-refractivity contribution in [3.63, 3.8) is 0 Å². The van der Waals surface area contributed by atoms with Gasteiger partial charge in [0.2, 0.25) is 0 Å². The number of sulfonamides is 2. The van der Waals surface area contributed by atoms with E-state index in [1.807, 2.05) is 0 Å². The molecular formula is C18H14FN3O6S2. The van der Waals surface area contributed by atoms with Crippen molar-refractivity contribution in [1.29, 1.82) is 0 Å². The molecule has 0 spiro atoms. The highest BCUT2D eigenvalue weighted by molar-refractivity contribution is 7.93. The molecule has 2 N–H and O–H groups in total. The maximum Gasteiger partial charge on any atom is 0.269 e. The quantitative estimate of drug-likeness (QED) is 0.418. The van der Waals surface area contributed by atoms with E-state index in [1.165, 1.54) is 36.4 Å². The molecule has 0 saturated heterocycles. The van der Waals surface area contributed by atoms with Gasteiger partial charge in [-0.1, -0.05) is 0 Å². The molecule has 3 aromatic carbocycles. The van der Waals surface area contributed by atoms with Gasteiger partial charge in [0.25, 0.3) is 25.7 Å². The summed E-state index contributed by atoms with van der Waals surface area (Å²) in [6, 6.07) is 13.9. The van der Waals surface area contributed by atoms with Gasteiger partial charge in [-0.25, -0.2) is 21.2 Å². The minimum absolute atomic E-state index is 0.0917. The molecule has 0 unspecified atom stereocenters. The molecule has 9 nitrogen and oxygen atoms in total. The number of benzene rings is 3. The number of halogens is 1. The monoisotopic (exact) mass is 451 g/mol. The lowest BCUT2D eigenvalue weighted by atomic mass is 10.3. The smallest absolute Gasteiger partial charge is 0.269 e. The maximum absolute atomic E-state index is 12.9. The van der Waals surface area contributed by atoms with E-state index in [9.17, 15) is 31.3 Å². The number of nitrogens with zero attached hydrogens (tertiary/aromatic N) is 1. The van der Waals surface area contributed by atoms with Crippen LogP contribution in [0.25, 0.3) is 0 Å². The molecule has 0 aliphatic carbocycles. The predicted molar refractivity (Wildman–Crippen MR) is 108 cm³/mol. The average molecular weight is 451 g/mol. The van der Waals surface area contributed by atoms with Gasteiger partial charge in [0.1, 0.15) is 5.82 Å². The van der Waals surface area contributed by atoms with E-state index >= 15 is 0 Å². The number of non-ortho nitro benzene ring substituents is 1. The first-order valence-corrected chi connectivity index (χ1v) is 11.2. The second kappa shape index (κ2) is 8.08. The highest BCUT2D eigenvalue weighted by Crippen LogP contribution is 2.22. The van der Waals surface area contributed by atoms with Crippen LogP contribution in [0.5, 0.6) is 0 Å². The molecule has 0 bridgehead atoms. The first-order chi connectivity index (χ1) is 14.1. The normalized spacial score (nSPS) is 11.6. The van der Waals surface area contributed by atoms with E-state index in [0.29, 0.717) is 0 Å². The topological polar surface area (TPSA) is 135 Å². The number of nitro groups is 1. The van der Waals surface area contributed by atoms with E-state index in [2.05, 4.69) is 9.44 Å². The minimum atomic E-state index is -4.03. The van der Waals surface area contributed by atoms with Crippen LogP contribution in [0.3, 0.4) is 0 Å². The van der Waals surface area contributed by atoms with Gasteiger partial charge in [0.05, 0.1) is 14.7 Å². The van der Waals surface area contributed by atoms with Crippen molar-refractivity contribution in [3.05, 3.63) is 88.7 Å². The van der Waals surface area contributed by atoms with Gasteiger partial charge < -0.3 is 0 Å². The molecule has 3 aromatic rings. The van der Waals surface area contributed by atoms with Gasteiger partial charge >= 0.3 is 0 Å². The summed E-state index contributed by atoms with van der Waals surface area (Å²) in [6.07, 6.45) is 0. The fourth-order valence-electron chi connectivity index (χ4n) is 2.40. The van der Waals surface area contributed by atoms with Gasteiger partial charge in [0, 0.05) is 23.5 Å². The summed E-state index contributed by atoms with van der Waals surface area (Å²) in [6.45, 7) is 0. The standard InChI is InChI=1S/C18H14FN3O6S2/c19-13-1-3-14(4-2-13)20-29(25,26)17-9-5-15(6-10-17)21-30(27,28)18-11-7-16(8-12-18)22(23)24/h1-12,20-21H. The Kier molecular flexibility index (Phi) is 5.71. The van der Waals surface area contributed by atoms with Crippen molar-refractivity contribution in [2.45, 2.75) is 9.79 Å². The van der Waals surface area contributed by atoms with Crippen molar-refractivity contribution in [2.24, 2.45) is 0 Å². The van der Waals surface area contributed by atoms with E-state index in [4.69, 9.17) is 0 Å². The Morgan fingerprint density at radius 3 is 1.43 bits per heavy atom. The first kappa shape index (κ1) is 21.2. The van der Waals surface area contributed by atoms with Crippen LogP contribution in [0.2, 0.25) is 0 Å². The third-order valence-corrected chi connectivity index (χ3v) is 6.67. The summed E-state index contributed by atoms with van der Waals surface area (Å²) in [5.74, 6) is -0.511. The predicted octanol–water partition coefficient (Wildman–Crippen LogP) is 3.34. The van der Waals surface area contributed by atoms with E-state index in [0.717, 1.165) is 36.4 Å². The lowest BCUT2D eigenvalue weighted by Gasteiger charge is -2.10. The lowest BCUT2D eigenvalue weighted by Crippen LogP contribution is -2.14. The molecule has 0 aliphatic heterocycles. The Morgan fingerprint density at radius 1 is 0.667 bits per heavy atom. The van der Waals surface area contributed by atoms with Crippen LogP contribution in [-0.2, 0) is 20.0 Å². The third kappa shape index (κ3) is 4.90. The number of rotatable bonds is 7. The average Bonchev–Trinajstić information content (AvgIpc) is 2.70. The Hall–Kier alpha value is -3.51. The number of hydrogen-bond acceptors (Lipinski definition) is 6. The Balaban J connectivity index is 1.76. The number of anilines is 2. The van der Waals surface area contributed by atoms with Gasteiger partial charge in [0.15, 0.2) is 0 Å². The minimum Gasteiger partial charge on any atom is -0.280 e. The van der Waals surface area contributed by atoms with Crippen LogP contribution in [0.15, 0.2) is 82.6 Å². The maximum atomic E-state index is 12.9. The molecule has 0 aromatic heterocycles. The van der Waals surface area contributed by atoms with Crippen molar-refractivity contribution >= 4 is 37.1 Å². The molecule has 0 amide bonds. The van der Waals surface area contributed by atoms with Crippen LogP contribution < -0.4 is 9.44 Å². The summed E-state index contributed by atoms with van der Waals surface area (Å²) < 4.78 is 67.0. The molecule has 0 saturated carbocycles. The van der Waals surface area contributed by atoms with Crippen LogP contribution >= 0.6 is 0 Å². The molecule has 156 valence electrons. The fraction of sp³-hybridized carbons (Fsp3) is 0. The van der Waals surface area contributed by atoms with Gasteiger partial charge in [-0.2, -0.15) is 0 Å². The fourth-order valence-corrected chi connectivity index (χ4v) is 4.51. The summed E-state index contributed by atoms with van der Waals surface area (Å²) in [7, 11) is -8.00. The highest BCUT2D eigenvalue weighted by atomic mass is 32.2. The SMILES string of the molecule is O=[N+]([O-])c1ccc(S(=O)(=O)Nc2ccc(S(=O)(=O)Nc3ccc(F)cc3)cc2)cc1. The largest absolute Gasteiger partial charge is 0.280 e. The second-order valence-corrected chi connectivity index (χ2v) is 9.36. The van der Waals surface area contributed by atoms with Gasteiger partial charge in [-0.05, 0) is 60.7 Å². The third-order valence-electron chi connectivity index (χ3n) is 3.87. The molecule has 3 rings (SSSR count). The Labute approximate surface area is 171 Å². The molecule has 12 heteroatoms. The van der Waals surface area contributed by atoms with Crippen molar-refractivity contribution in [1.82, 2.24) is 0 Å². The zero-order valence-corrected chi connectivity index (χ0v) is 16.7. The molecule has 0 radical (unpaired) electrons. The number of nitro benzene ring substituents is 1. The zero-order chi connectivity index (χ0) is 21.9. The van der Waals surface area contributed by atoms with Crippen LogP contribution in [0.1, 0.15) is 0 Å². The van der Waals surface area contributed by atoms with E-state index in [-0.39, 0.29) is 26.9 Å². The summed E-state index contributed by atoms with van der Waals surface area (Å²) in [5.41, 5.74) is 0.00518. The van der Waals surface area contributed by atoms with E-state index in [1.54, 1.807) is 0 Å². The molecule has 0 heterocycles. The number of hydrogen-bond donors (Lipinski definition) is 2. The molecular weight excluding hydrogens is 437 g/mol. The number of nitrogens with one attached hydrogen (secondary N) is 2. The van der Waals surface area contributed by atoms with Crippen molar-refractivity contribution in [2.75, 3.05) is 9.44 Å². The molecule has 30 heavy (non-hydrogen) atoms. The summed E-state index contributed by atoms with van der Waals surface area (Å²) >= 11 is 0. The molecule has 0 fully saturated rings.